The molecule has 0 aromatic rings. The minimum Gasteiger partial charge on any atom is -0.368 e. The van der Waals surface area contributed by atoms with Crippen LogP contribution in [0.1, 0.15) is 59.3 Å². The Morgan fingerprint density at radius 3 is 2.47 bits per heavy atom. The van der Waals surface area contributed by atoms with Gasteiger partial charge in [-0.2, -0.15) is 0 Å². The summed E-state index contributed by atoms with van der Waals surface area (Å²) in [6.45, 7) is 9.79. The molecule has 0 aliphatic heterocycles. The highest BCUT2D eigenvalue weighted by Crippen LogP contribution is 2.25. The van der Waals surface area contributed by atoms with Crippen LogP contribution < -0.4 is 11.1 Å². The monoisotopic (exact) mass is 269 g/mol. The SMILES string of the molecule is CCCN(CC)CCCCC(C)(NC1CC1)C(N)=O. The zero-order valence-electron chi connectivity index (χ0n) is 12.9. The van der Waals surface area contributed by atoms with Crippen molar-refractivity contribution in [3.63, 3.8) is 0 Å². The Bertz CT molecular complexity index is 279. The van der Waals surface area contributed by atoms with Gasteiger partial charge in [0.2, 0.25) is 5.91 Å². The summed E-state index contributed by atoms with van der Waals surface area (Å²) in [5.74, 6) is -0.208. The van der Waals surface area contributed by atoms with Crippen LogP contribution in [-0.2, 0) is 4.79 Å². The van der Waals surface area contributed by atoms with E-state index in [0.29, 0.717) is 6.04 Å². The first-order valence-electron chi connectivity index (χ1n) is 7.81. The van der Waals surface area contributed by atoms with Crippen LogP contribution in [0.15, 0.2) is 0 Å². The van der Waals surface area contributed by atoms with E-state index >= 15 is 0 Å². The van der Waals surface area contributed by atoms with E-state index in [9.17, 15) is 4.79 Å². The number of primary amides is 1. The van der Waals surface area contributed by atoms with Gasteiger partial charge in [-0.1, -0.05) is 13.8 Å². The highest BCUT2D eigenvalue weighted by atomic mass is 16.1. The molecular formula is C15H31N3O. The summed E-state index contributed by atoms with van der Waals surface area (Å²) < 4.78 is 0. The predicted molar refractivity (Wildman–Crippen MR) is 80.0 cm³/mol. The van der Waals surface area contributed by atoms with Gasteiger partial charge in [-0.3, -0.25) is 4.79 Å². The molecule has 1 atom stereocenters. The smallest absolute Gasteiger partial charge is 0.237 e. The maximum atomic E-state index is 11.6. The molecule has 0 radical (unpaired) electrons. The largest absolute Gasteiger partial charge is 0.368 e. The van der Waals surface area contributed by atoms with E-state index < -0.39 is 5.54 Å². The lowest BCUT2D eigenvalue weighted by Gasteiger charge is -2.28. The number of carbonyl (C=O) groups is 1. The molecule has 1 rings (SSSR count). The molecule has 1 fully saturated rings. The molecule has 19 heavy (non-hydrogen) atoms. The summed E-state index contributed by atoms with van der Waals surface area (Å²) in [7, 11) is 0. The van der Waals surface area contributed by atoms with E-state index in [1.54, 1.807) is 0 Å². The van der Waals surface area contributed by atoms with Crippen LogP contribution in [-0.4, -0.2) is 42.0 Å². The molecule has 1 aliphatic carbocycles. The van der Waals surface area contributed by atoms with E-state index in [1.165, 1.54) is 25.8 Å². The van der Waals surface area contributed by atoms with Gasteiger partial charge < -0.3 is 16.0 Å². The number of hydrogen-bond donors (Lipinski definition) is 2. The maximum absolute atomic E-state index is 11.6. The minimum atomic E-state index is -0.511. The van der Waals surface area contributed by atoms with E-state index in [-0.39, 0.29) is 5.91 Å². The van der Waals surface area contributed by atoms with Crippen LogP contribution in [0.5, 0.6) is 0 Å². The minimum absolute atomic E-state index is 0.208. The van der Waals surface area contributed by atoms with Gasteiger partial charge in [-0.15, -0.1) is 0 Å². The first-order chi connectivity index (χ1) is 9.01. The molecule has 1 saturated carbocycles. The molecule has 4 nitrogen and oxygen atoms in total. The summed E-state index contributed by atoms with van der Waals surface area (Å²) in [4.78, 5) is 14.1. The van der Waals surface area contributed by atoms with Gasteiger partial charge >= 0.3 is 0 Å². The second kappa shape index (κ2) is 7.85. The molecule has 112 valence electrons. The van der Waals surface area contributed by atoms with Crippen molar-refractivity contribution in [2.75, 3.05) is 19.6 Å². The lowest BCUT2D eigenvalue weighted by Crippen LogP contribution is -2.54. The third kappa shape index (κ3) is 5.91. The lowest BCUT2D eigenvalue weighted by molar-refractivity contribution is -0.124. The van der Waals surface area contributed by atoms with Gasteiger partial charge in [-0.25, -0.2) is 0 Å². The second-order valence-corrected chi connectivity index (χ2v) is 6.01. The first-order valence-corrected chi connectivity index (χ1v) is 7.81. The van der Waals surface area contributed by atoms with Crippen molar-refractivity contribution < 1.29 is 4.79 Å². The Balaban J connectivity index is 2.25. The van der Waals surface area contributed by atoms with Gasteiger partial charge in [0.15, 0.2) is 0 Å². The highest BCUT2D eigenvalue weighted by Gasteiger charge is 2.36. The zero-order valence-corrected chi connectivity index (χ0v) is 12.9. The molecule has 4 heteroatoms. The number of nitrogens with zero attached hydrogens (tertiary/aromatic N) is 1. The molecule has 3 N–H and O–H groups in total. The molecule has 0 saturated heterocycles. The molecule has 1 amide bonds. The van der Waals surface area contributed by atoms with Crippen LogP contribution in [0.3, 0.4) is 0 Å². The normalized spacial score (nSPS) is 18.5. The Kier molecular flexibility index (Phi) is 6.80. The standard InChI is InChI=1S/C15H31N3O/c1-4-11-18(5-2)12-7-6-10-15(3,14(16)19)17-13-8-9-13/h13,17H,4-12H2,1-3H3,(H2,16,19). The highest BCUT2D eigenvalue weighted by molar-refractivity contribution is 5.84. The summed E-state index contributed by atoms with van der Waals surface area (Å²) >= 11 is 0. The average Bonchev–Trinajstić information content (AvgIpc) is 3.16. The predicted octanol–water partition coefficient (Wildman–Crippen LogP) is 1.88. The van der Waals surface area contributed by atoms with E-state index in [0.717, 1.165) is 32.4 Å². The van der Waals surface area contributed by atoms with Crippen LogP contribution in [0, 0.1) is 0 Å². The van der Waals surface area contributed by atoms with Crippen molar-refractivity contribution >= 4 is 5.91 Å². The first kappa shape index (κ1) is 16.4. The van der Waals surface area contributed by atoms with Crippen molar-refractivity contribution in [1.82, 2.24) is 10.2 Å². The Labute approximate surface area is 118 Å². The van der Waals surface area contributed by atoms with Crippen LogP contribution in [0.2, 0.25) is 0 Å². The molecule has 0 bridgehead atoms. The summed E-state index contributed by atoms with van der Waals surface area (Å²) in [5, 5.41) is 3.41. The number of carbonyl (C=O) groups excluding carboxylic acids is 1. The lowest BCUT2D eigenvalue weighted by atomic mass is 9.93. The van der Waals surface area contributed by atoms with Crippen molar-refractivity contribution in [2.45, 2.75) is 70.9 Å². The zero-order chi connectivity index (χ0) is 14.3. The Morgan fingerprint density at radius 1 is 1.32 bits per heavy atom. The van der Waals surface area contributed by atoms with Crippen molar-refractivity contribution in [1.29, 1.82) is 0 Å². The fraction of sp³-hybridized carbons (Fsp3) is 0.933. The second-order valence-electron chi connectivity index (χ2n) is 6.01. The van der Waals surface area contributed by atoms with E-state index in [2.05, 4.69) is 24.1 Å². The molecule has 0 aromatic heterocycles. The summed E-state index contributed by atoms with van der Waals surface area (Å²) in [5.41, 5.74) is 5.04. The number of hydrogen-bond acceptors (Lipinski definition) is 3. The van der Waals surface area contributed by atoms with Gasteiger partial charge in [0.25, 0.3) is 0 Å². The van der Waals surface area contributed by atoms with Gasteiger partial charge in [-0.05, 0) is 65.1 Å². The Hall–Kier alpha value is -0.610. The molecule has 1 aliphatic rings. The molecule has 0 aromatic carbocycles. The number of nitrogens with one attached hydrogen (secondary N) is 1. The molecule has 0 heterocycles. The maximum Gasteiger partial charge on any atom is 0.237 e. The molecular weight excluding hydrogens is 238 g/mol. The average molecular weight is 269 g/mol. The fourth-order valence-corrected chi connectivity index (χ4v) is 2.50. The summed E-state index contributed by atoms with van der Waals surface area (Å²) in [6, 6.07) is 0.518. The van der Waals surface area contributed by atoms with Crippen molar-refractivity contribution in [3.8, 4) is 0 Å². The van der Waals surface area contributed by atoms with Crippen LogP contribution in [0.25, 0.3) is 0 Å². The van der Waals surface area contributed by atoms with E-state index in [4.69, 9.17) is 5.73 Å². The Morgan fingerprint density at radius 2 is 2.00 bits per heavy atom. The number of nitrogens with two attached hydrogens (primary N) is 1. The third-order valence-electron chi connectivity index (χ3n) is 4.03. The van der Waals surface area contributed by atoms with E-state index in [1.807, 2.05) is 6.92 Å². The number of rotatable bonds is 11. The van der Waals surface area contributed by atoms with Crippen molar-refractivity contribution in [2.24, 2.45) is 5.73 Å². The third-order valence-corrected chi connectivity index (χ3v) is 4.03. The quantitative estimate of drug-likeness (QED) is 0.563. The molecule has 0 spiro atoms. The number of amides is 1. The number of unbranched alkanes of at least 4 members (excludes halogenated alkanes) is 1. The van der Waals surface area contributed by atoms with Crippen LogP contribution >= 0.6 is 0 Å². The van der Waals surface area contributed by atoms with Gasteiger partial charge in [0.05, 0.1) is 5.54 Å². The van der Waals surface area contributed by atoms with Gasteiger partial charge in [0, 0.05) is 6.04 Å². The summed E-state index contributed by atoms with van der Waals surface area (Å²) in [6.07, 6.45) is 6.62. The van der Waals surface area contributed by atoms with Crippen LogP contribution in [0.4, 0.5) is 0 Å². The van der Waals surface area contributed by atoms with Crippen molar-refractivity contribution in [3.05, 3.63) is 0 Å². The van der Waals surface area contributed by atoms with Gasteiger partial charge in [0.1, 0.15) is 0 Å². The topological polar surface area (TPSA) is 58.4 Å². The molecule has 1 unspecified atom stereocenters. The fourth-order valence-electron chi connectivity index (χ4n) is 2.50.